The van der Waals surface area contributed by atoms with Crippen molar-refractivity contribution in [2.75, 3.05) is 5.32 Å². The second kappa shape index (κ2) is 6.38. The van der Waals surface area contributed by atoms with E-state index in [1.807, 2.05) is 0 Å². The monoisotopic (exact) mass is 439 g/mol. The van der Waals surface area contributed by atoms with Crippen molar-refractivity contribution in [1.29, 1.82) is 0 Å². The summed E-state index contributed by atoms with van der Waals surface area (Å²) in [5.41, 5.74) is 0.576. The Kier molecular flexibility index (Phi) is 5.04. The smallest absolute Gasteiger partial charge is 0.240 e. The Labute approximate surface area is 146 Å². The molecule has 11 heteroatoms. The van der Waals surface area contributed by atoms with Gasteiger partial charge in [-0.15, -0.1) is 0 Å². The van der Waals surface area contributed by atoms with Crippen LogP contribution in [0.4, 0.5) is 11.4 Å². The van der Waals surface area contributed by atoms with E-state index in [0.717, 1.165) is 16.6 Å². The molecule has 2 aromatic carbocycles. The lowest BCUT2D eigenvalue weighted by Gasteiger charge is -2.13. The van der Waals surface area contributed by atoms with E-state index in [1.54, 1.807) is 24.3 Å². The molecule has 124 valence electrons. The van der Waals surface area contributed by atoms with Gasteiger partial charge >= 0.3 is 0 Å². The number of nitrogens with two attached hydrogens (primary N) is 2. The topological polar surface area (TPSA) is 132 Å². The van der Waals surface area contributed by atoms with Gasteiger partial charge in [-0.3, -0.25) is 0 Å². The lowest BCUT2D eigenvalue weighted by molar-refractivity contribution is 0.596. The van der Waals surface area contributed by atoms with Crippen molar-refractivity contribution in [3.05, 3.63) is 45.9 Å². The standard InChI is InChI=1S/C12H11BrClN3O4S2/c13-7-2-1-3-8(4-7)17-10-5-9(14)11(22(15,18)19)6-12(10)23(16,20)21/h1-6,17H,(H2,15,18,19)(H2,16,20,21). The van der Waals surface area contributed by atoms with Gasteiger partial charge in [0.2, 0.25) is 20.0 Å². The van der Waals surface area contributed by atoms with Crippen LogP contribution in [0, 0.1) is 0 Å². The van der Waals surface area contributed by atoms with Crippen molar-refractivity contribution in [3.63, 3.8) is 0 Å². The highest BCUT2D eigenvalue weighted by Gasteiger charge is 2.22. The predicted molar refractivity (Wildman–Crippen MR) is 91.6 cm³/mol. The van der Waals surface area contributed by atoms with Crippen LogP contribution in [0.25, 0.3) is 0 Å². The maximum atomic E-state index is 11.8. The van der Waals surface area contributed by atoms with Crippen LogP contribution in [0.15, 0.2) is 50.7 Å². The number of rotatable bonds is 4. The highest BCUT2D eigenvalue weighted by molar-refractivity contribution is 9.10. The maximum Gasteiger partial charge on any atom is 0.240 e. The molecular weight excluding hydrogens is 430 g/mol. The summed E-state index contributed by atoms with van der Waals surface area (Å²) in [6, 6.07) is 8.84. The molecule has 0 atom stereocenters. The molecule has 7 nitrogen and oxygen atoms in total. The Hall–Kier alpha value is -1.17. The Morgan fingerprint density at radius 1 is 0.957 bits per heavy atom. The number of anilines is 2. The minimum atomic E-state index is -4.22. The second-order valence-electron chi connectivity index (χ2n) is 4.50. The van der Waals surface area contributed by atoms with Gasteiger partial charge in [-0.25, -0.2) is 27.1 Å². The number of primary sulfonamides is 2. The lowest BCUT2D eigenvalue weighted by Crippen LogP contribution is -2.18. The molecular formula is C12H11BrClN3O4S2. The molecule has 5 N–H and O–H groups in total. The molecule has 0 spiro atoms. The van der Waals surface area contributed by atoms with Crippen molar-refractivity contribution in [2.45, 2.75) is 9.79 Å². The molecule has 0 heterocycles. The molecule has 2 rings (SSSR count). The molecule has 2 aromatic rings. The molecule has 0 bridgehead atoms. The quantitative estimate of drug-likeness (QED) is 0.670. The average Bonchev–Trinajstić information content (AvgIpc) is 2.35. The number of benzene rings is 2. The lowest BCUT2D eigenvalue weighted by atomic mass is 10.2. The predicted octanol–water partition coefficient (Wildman–Crippen LogP) is 2.14. The van der Waals surface area contributed by atoms with Gasteiger partial charge in [-0.1, -0.05) is 33.6 Å². The van der Waals surface area contributed by atoms with Gasteiger partial charge in [0.1, 0.15) is 9.79 Å². The van der Waals surface area contributed by atoms with Gasteiger partial charge in [-0.05, 0) is 30.3 Å². The zero-order chi connectivity index (χ0) is 17.4. The molecule has 0 amide bonds. The molecule has 0 aliphatic carbocycles. The fourth-order valence-corrected chi connectivity index (χ4v) is 4.08. The van der Waals surface area contributed by atoms with Crippen LogP contribution in [0.2, 0.25) is 5.02 Å². The van der Waals surface area contributed by atoms with Crippen LogP contribution < -0.4 is 15.6 Å². The molecule has 23 heavy (non-hydrogen) atoms. The first kappa shape index (κ1) is 18.2. The highest BCUT2D eigenvalue weighted by Crippen LogP contribution is 2.32. The fraction of sp³-hybridized carbons (Fsp3) is 0. The average molecular weight is 441 g/mol. The number of nitrogens with one attached hydrogen (secondary N) is 1. The van der Waals surface area contributed by atoms with Crippen molar-refractivity contribution < 1.29 is 16.8 Å². The van der Waals surface area contributed by atoms with Crippen molar-refractivity contribution in [2.24, 2.45) is 10.3 Å². The number of hydrogen-bond acceptors (Lipinski definition) is 5. The van der Waals surface area contributed by atoms with Gasteiger partial charge in [-0.2, -0.15) is 0 Å². The Morgan fingerprint density at radius 2 is 1.57 bits per heavy atom. The van der Waals surface area contributed by atoms with Crippen molar-refractivity contribution in [3.8, 4) is 0 Å². The molecule has 0 aliphatic heterocycles. The van der Waals surface area contributed by atoms with E-state index in [9.17, 15) is 16.8 Å². The second-order valence-corrected chi connectivity index (χ2v) is 8.89. The minimum absolute atomic E-state index is 0.0306. The third-order valence-corrected chi connectivity index (χ3v) is 5.57. The Bertz CT molecular complexity index is 978. The van der Waals surface area contributed by atoms with E-state index in [4.69, 9.17) is 21.9 Å². The first-order valence-corrected chi connectivity index (χ1v) is 10.2. The molecule has 0 saturated carbocycles. The fourth-order valence-electron chi connectivity index (χ4n) is 1.81. The summed E-state index contributed by atoms with van der Waals surface area (Å²) >= 11 is 9.17. The summed E-state index contributed by atoms with van der Waals surface area (Å²) in [4.78, 5) is -0.964. The first-order chi connectivity index (χ1) is 10.5. The molecule has 0 radical (unpaired) electrons. The molecule has 0 fully saturated rings. The van der Waals surface area contributed by atoms with Crippen LogP contribution in [-0.2, 0) is 20.0 Å². The summed E-state index contributed by atoms with van der Waals surface area (Å²) in [5, 5.41) is 12.8. The van der Waals surface area contributed by atoms with E-state index in [2.05, 4.69) is 21.2 Å². The third-order valence-electron chi connectivity index (χ3n) is 2.75. The zero-order valence-electron chi connectivity index (χ0n) is 11.3. The van der Waals surface area contributed by atoms with Crippen LogP contribution in [0.5, 0.6) is 0 Å². The van der Waals surface area contributed by atoms with Crippen LogP contribution >= 0.6 is 27.5 Å². The highest BCUT2D eigenvalue weighted by atomic mass is 79.9. The summed E-state index contributed by atoms with van der Waals surface area (Å²) in [5.74, 6) is 0. The summed E-state index contributed by atoms with van der Waals surface area (Å²) in [7, 11) is -8.42. The van der Waals surface area contributed by atoms with Crippen molar-refractivity contribution in [1.82, 2.24) is 0 Å². The van der Waals surface area contributed by atoms with E-state index in [1.165, 1.54) is 0 Å². The summed E-state index contributed by atoms with van der Waals surface area (Å²) < 4.78 is 47.2. The first-order valence-electron chi connectivity index (χ1n) is 5.90. The molecule has 0 unspecified atom stereocenters. The normalized spacial score (nSPS) is 12.2. The third kappa shape index (κ3) is 4.43. The van der Waals surface area contributed by atoms with E-state index < -0.39 is 29.8 Å². The van der Waals surface area contributed by atoms with Crippen LogP contribution in [0.3, 0.4) is 0 Å². The zero-order valence-corrected chi connectivity index (χ0v) is 15.3. The summed E-state index contributed by atoms with van der Waals surface area (Å²) in [6.07, 6.45) is 0. The van der Waals surface area contributed by atoms with Gasteiger partial charge in [0, 0.05) is 10.2 Å². The number of halogens is 2. The molecule has 0 aromatic heterocycles. The van der Waals surface area contributed by atoms with Crippen molar-refractivity contribution >= 4 is 59.0 Å². The Morgan fingerprint density at radius 3 is 2.09 bits per heavy atom. The number of hydrogen-bond donors (Lipinski definition) is 3. The summed E-state index contributed by atoms with van der Waals surface area (Å²) in [6.45, 7) is 0. The van der Waals surface area contributed by atoms with Gasteiger partial charge in [0.25, 0.3) is 0 Å². The molecule has 0 saturated heterocycles. The van der Waals surface area contributed by atoms with E-state index in [0.29, 0.717) is 5.69 Å². The minimum Gasteiger partial charge on any atom is -0.354 e. The van der Waals surface area contributed by atoms with Crippen LogP contribution in [-0.4, -0.2) is 16.8 Å². The van der Waals surface area contributed by atoms with E-state index in [-0.39, 0.29) is 10.7 Å². The van der Waals surface area contributed by atoms with Gasteiger partial charge in [0.15, 0.2) is 0 Å². The maximum absolute atomic E-state index is 11.8. The largest absolute Gasteiger partial charge is 0.354 e. The molecule has 0 aliphatic rings. The Balaban J connectivity index is 2.66. The van der Waals surface area contributed by atoms with Gasteiger partial charge < -0.3 is 5.32 Å². The van der Waals surface area contributed by atoms with E-state index >= 15 is 0 Å². The van der Waals surface area contributed by atoms with Crippen LogP contribution in [0.1, 0.15) is 0 Å². The van der Waals surface area contributed by atoms with Gasteiger partial charge in [0.05, 0.1) is 10.7 Å². The SMILES string of the molecule is NS(=O)(=O)c1cc(S(N)(=O)=O)c(Nc2cccc(Br)c2)cc1Cl. The number of sulfonamides is 2.